The van der Waals surface area contributed by atoms with E-state index in [1.807, 2.05) is 0 Å². The largest absolute Gasteiger partial charge is 0.395 e. The number of hydrogen-bond donors (Lipinski definition) is 1. The number of rotatable bonds is 6. The van der Waals surface area contributed by atoms with E-state index in [1.54, 1.807) is 11.3 Å². The van der Waals surface area contributed by atoms with Crippen LogP contribution in [0.3, 0.4) is 0 Å². The zero-order chi connectivity index (χ0) is 10.4. The molecule has 0 saturated heterocycles. The van der Waals surface area contributed by atoms with E-state index in [9.17, 15) is 0 Å². The van der Waals surface area contributed by atoms with Crippen LogP contribution >= 0.6 is 27.3 Å². The Labute approximate surface area is 97.7 Å². The van der Waals surface area contributed by atoms with Crippen molar-refractivity contribution in [3.8, 4) is 0 Å². The summed E-state index contributed by atoms with van der Waals surface area (Å²) < 4.78 is 1.17. The molecule has 0 aliphatic heterocycles. The molecule has 1 N–H and O–H groups in total. The van der Waals surface area contributed by atoms with Gasteiger partial charge >= 0.3 is 0 Å². The van der Waals surface area contributed by atoms with Crippen LogP contribution in [0.2, 0.25) is 0 Å². The van der Waals surface area contributed by atoms with Crippen LogP contribution in [0.4, 0.5) is 0 Å². The molecule has 14 heavy (non-hydrogen) atoms. The van der Waals surface area contributed by atoms with E-state index in [1.165, 1.54) is 9.35 Å². The molecule has 1 aromatic rings. The summed E-state index contributed by atoms with van der Waals surface area (Å²) >= 11 is 5.16. The zero-order valence-corrected chi connectivity index (χ0v) is 10.8. The Bertz CT molecular complexity index is 258. The summed E-state index contributed by atoms with van der Waals surface area (Å²) in [5, 5.41) is 11.1. The minimum absolute atomic E-state index is 0.241. The highest BCUT2D eigenvalue weighted by atomic mass is 79.9. The highest BCUT2D eigenvalue weighted by molar-refractivity contribution is 9.11. The maximum absolute atomic E-state index is 8.90. The minimum atomic E-state index is 0.241. The van der Waals surface area contributed by atoms with Crippen molar-refractivity contribution in [2.75, 3.05) is 19.7 Å². The van der Waals surface area contributed by atoms with E-state index in [2.05, 4.69) is 39.2 Å². The predicted octanol–water partition coefficient (Wildman–Crippen LogP) is 2.71. The number of aliphatic hydroxyl groups excluding tert-OH is 1. The second-order valence-electron chi connectivity index (χ2n) is 3.26. The van der Waals surface area contributed by atoms with Crippen LogP contribution in [0.25, 0.3) is 0 Å². The first-order chi connectivity index (χ1) is 6.76. The summed E-state index contributed by atoms with van der Waals surface area (Å²) in [7, 11) is 0. The molecule has 0 bridgehead atoms. The quantitative estimate of drug-likeness (QED) is 0.865. The van der Waals surface area contributed by atoms with E-state index >= 15 is 0 Å². The lowest BCUT2D eigenvalue weighted by Gasteiger charge is -2.19. The van der Waals surface area contributed by atoms with E-state index in [4.69, 9.17) is 5.11 Å². The van der Waals surface area contributed by atoms with Gasteiger partial charge in [0.05, 0.1) is 10.4 Å². The molecular formula is C10H16BrNOS. The normalized spacial score (nSPS) is 11.1. The van der Waals surface area contributed by atoms with Crippen molar-refractivity contribution in [2.45, 2.75) is 19.9 Å². The number of thiophene rings is 1. The van der Waals surface area contributed by atoms with Gasteiger partial charge in [0.2, 0.25) is 0 Å². The van der Waals surface area contributed by atoms with Gasteiger partial charge in [-0.2, -0.15) is 0 Å². The molecule has 1 heterocycles. The van der Waals surface area contributed by atoms with Gasteiger partial charge in [-0.05, 0) is 45.9 Å². The topological polar surface area (TPSA) is 23.5 Å². The van der Waals surface area contributed by atoms with Crippen LogP contribution in [0.1, 0.15) is 18.9 Å². The van der Waals surface area contributed by atoms with Crippen molar-refractivity contribution in [1.29, 1.82) is 0 Å². The Morgan fingerprint density at radius 1 is 1.50 bits per heavy atom. The smallest absolute Gasteiger partial charge is 0.0701 e. The van der Waals surface area contributed by atoms with E-state index < -0.39 is 0 Å². The van der Waals surface area contributed by atoms with Gasteiger partial charge in [-0.3, -0.25) is 4.90 Å². The Kier molecular flexibility index (Phi) is 5.70. The third-order valence-corrected chi connectivity index (χ3v) is 3.54. The molecular weight excluding hydrogens is 262 g/mol. The summed E-state index contributed by atoms with van der Waals surface area (Å²) in [6, 6.07) is 2.14. The molecule has 0 unspecified atom stereocenters. The molecule has 0 aliphatic carbocycles. The molecule has 0 aliphatic rings. The van der Waals surface area contributed by atoms with Crippen LogP contribution in [0.15, 0.2) is 15.2 Å². The van der Waals surface area contributed by atoms with E-state index in [0.717, 1.165) is 26.1 Å². The average molecular weight is 278 g/mol. The van der Waals surface area contributed by atoms with Crippen molar-refractivity contribution in [1.82, 2.24) is 4.90 Å². The van der Waals surface area contributed by atoms with Crippen molar-refractivity contribution >= 4 is 27.3 Å². The number of halogens is 1. The minimum Gasteiger partial charge on any atom is -0.395 e. The zero-order valence-electron chi connectivity index (χ0n) is 8.37. The Balaban J connectivity index is 2.46. The summed E-state index contributed by atoms with van der Waals surface area (Å²) in [6.07, 6.45) is 1.13. The third-order valence-electron chi connectivity index (χ3n) is 1.98. The van der Waals surface area contributed by atoms with Gasteiger partial charge in [-0.15, -0.1) is 11.3 Å². The molecule has 1 rings (SSSR count). The molecule has 1 aromatic heterocycles. The monoisotopic (exact) mass is 277 g/mol. The molecule has 0 amide bonds. The summed E-state index contributed by atoms with van der Waals surface area (Å²) in [5.41, 5.74) is 1.32. The van der Waals surface area contributed by atoms with E-state index in [-0.39, 0.29) is 6.61 Å². The molecule has 0 spiro atoms. The van der Waals surface area contributed by atoms with Gasteiger partial charge in [0.25, 0.3) is 0 Å². The second kappa shape index (κ2) is 6.56. The number of hydrogen-bond acceptors (Lipinski definition) is 3. The molecule has 0 atom stereocenters. The first-order valence-electron chi connectivity index (χ1n) is 4.82. The Morgan fingerprint density at radius 3 is 2.79 bits per heavy atom. The van der Waals surface area contributed by atoms with Crippen molar-refractivity contribution in [2.24, 2.45) is 0 Å². The lowest BCUT2D eigenvalue weighted by atomic mass is 10.3. The molecule has 0 radical (unpaired) electrons. The first kappa shape index (κ1) is 12.2. The summed E-state index contributed by atoms with van der Waals surface area (Å²) in [5.74, 6) is 0. The van der Waals surface area contributed by atoms with Crippen LogP contribution in [0, 0.1) is 0 Å². The van der Waals surface area contributed by atoms with Gasteiger partial charge < -0.3 is 5.11 Å². The van der Waals surface area contributed by atoms with Crippen molar-refractivity contribution in [3.63, 3.8) is 0 Å². The summed E-state index contributed by atoms with van der Waals surface area (Å²) in [6.45, 7) is 5.16. The molecule has 0 fully saturated rings. The highest BCUT2D eigenvalue weighted by Crippen LogP contribution is 2.21. The fourth-order valence-electron chi connectivity index (χ4n) is 1.41. The highest BCUT2D eigenvalue weighted by Gasteiger charge is 2.05. The van der Waals surface area contributed by atoms with Crippen molar-refractivity contribution in [3.05, 3.63) is 20.8 Å². The van der Waals surface area contributed by atoms with Gasteiger partial charge in [0, 0.05) is 13.1 Å². The average Bonchev–Trinajstić information content (AvgIpc) is 2.52. The van der Waals surface area contributed by atoms with Gasteiger partial charge in [-0.25, -0.2) is 0 Å². The van der Waals surface area contributed by atoms with E-state index in [0.29, 0.717) is 0 Å². The summed E-state index contributed by atoms with van der Waals surface area (Å²) in [4.78, 5) is 2.27. The number of aliphatic hydroxyl groups is 1. The van der Waals surface area contributed by atoms with Crippen LogP contribution < -0.4 is 0 Å². The molecule has 0 aromatic carbocycles. The van der Waals surface area contributed by atoms with Crippen LogP contribution in [-0.2, 0) is 6.54 Å². The molecule has 0 saturated carbocycles. The second-order valence-corrected chi connectivity index (χ2v) is 5.55. The molecule has 2 nitrogen and oxygen atoms in total. The maximum atomic E-state index is 8.90. The molecule has 4 heteroatoms. The van der Waals surface area contributed by atoms with Gasteiger partial charge in [0.1, 0.15) is 0 Å². The lowest BCUT2D eigenvalue weighted by Crippen LogP contribution is -2.26. The number of nitrogens with zero attached hydrogens (tertiary/aromatic N) is 1. The van der Waals surface area contributed by atoms with Crippen molar-refractivity contribution < 1.29 is 5.11 Å². The fourth-order valence-corrected chi connectivity index (χ4v) is 2.61. The first-order valence-corrected chi connectivity index (χ1v) is 6.49. The predicted molar refractivity (Wildman–Crippen MR) is 64.7 cm³/mol. The standard InChI is InChI=1S/C10H16BrNOS/c1-2-3-12(4-5-13)7-9-6-10(11)14-8-9/h6,8,13H,2-5,7H2,1H3. The third kappa shape index (κ3) is 4.09. The SMILES string of the molecule is CCCN(CCO)Cc1csc(Br)c1. The fraction of sp³-hybridized carbons (Fsp3) is 0.600. The van der Waals surface area contributed by atoms with Crippen LogP contribution in [-0.4, -0.2) is 29.7 Å². The lowest BCUT2D eigenvalue weighted by molar-refractivity contribution is 0.190. The Hall–Kier alpha value is 0.100. The van der Waals surface area contributed by atoms with Crippen LogP contribution in [0.5, 0.6) is 0 Å². The van der Waals surface area contributed by atoms with Gasteiger partial charge in [0.15, 0.2) is 0 Å². The molecule has 80 valence electrons. The van der Waals surface area contributed by atoms with Gasteiger partial charge in [-0.1, -0.05) is 6.92 Å². The Morgan fingerprint density at radius 2 is 2.29 bits per heavy atom. The maximum Gasteiger partial charge on any atom is 0.0701 e.